The van der Waals surface area contributed by atoms with Gasteiger partial charge in [-0.2, -0.15) is 0 Å². The SMILES string of the molecule is C/C=C\c1occc1/C=C/CNC(=O)C(=O)NCCc1ccccn1. The minimum atomic E-state index is -0.661. The molecule has 2 heterocycles. The third kappa shape index (κ3) is 6.10. The van der Waals surface area contributed by atoms with Crippen LogP contribution >= 0.6 is 0 Å². The summed E-state index contributed by atoms with van der Waals surface area (Å²) in [5, 5.41) is 5.11. The largest absolute Gasteiger partial charge is 0.464 e. The zero-order chi connectivity index (χ0) is 17.9. The zero-order valence-electron chi connectivity index (χ0n) is 14.1. The van der Waals surface area contributed by atoms with Gasteiger partial charge in [-0.1, -0.05) is 24.3 Å². The molecule has 0 aromatic carbocycles. The Kier molecular flexibility index (Phi) is 7.18. The van der Waals surface area contributed by atoms with Crippen LogP contribution in [0.25, 0.3) is 12.2 Å². The van der Waals surface area contributed by atoms with E-state index in [9.17, 15) is 9.59 Å². The van der Waals surface area contributed by atoms with Gasteiger partial charge in [0, 0.05) is 37.0 Å². The molecule has 2 aromatic rings. The lowest BCUT2D eigenvalue weighted by atomic mass is 10.2. The molecule has 6 nitrogen and oxygen atoms in total. The van der Waals surface area contributed by atoms with Crippen molar-refractivity contribution >= 4 is 24.0 Å². The van der Waals surface area contributed by atoms with Crippen LogP contribution in [0.3, 0.4) is 0 Å². The number of pyridine rings is 1. The highest BCUT2D eigenvalue weighted by molar-refractivity contribution is 6.35. The Hall–Kier alpha value is -3.15. The minimum Gasteiger partial charge on any atom is -0.464 e. The number of aromatic nitrogens is 1. The fraction of sp³-hybridized carbons (Fsp3) is 0.211. The van der Waals surface area contributed by atoms with Gasteiger partial charge in [-0.05, 0) is 31.2 Å². The van der Waals surface area contributed by atoms with Gasteiger partial charge in [0.25, 0.3) is 0 Å². The molecule has 0 aliphatic rings. The number of nitrogens with one attached hydrogen (secondary N) is 2. The molecule has 0 atom stereocenters. The van der Waals surface area contributed by atoms with E-state index >= 15 is 0 Å². The summed E-state index contributed by atoms with van der Waals surface area (Å²) in [7, 11) is 0. The van der Waals surface area contributed by atoms with Crippen LogP contribution in [0.4, 0.5) is 0 Å². The summed E-state index contributed by atoms with van der Waals surface area (Å²) in [4.78, 5) is 27.6. The number of nitrogens with zero attached hydrogens (tertiary/aromatic N) is 1. The predicted octanol–water partition coefficient (Wildman–Crippen LogP) is 2.20. The van der Waals surface area contributed by atoms with E-state index in [1.807, 2.05) is 49.4 Å². The number of allylic oxidation sites excluding steroid dienone is 1. The van der Waals surface area contributed by atoms with Gasteiger partial charge in [-0.15, -0.1) is 0 Å². The summed E-state index contributed by atoms with van der Waals surface area (Å²) < 4.78 is 5.31. The molecule has 0 radical (unpaired) electrons. The third-order valence-electron chi connectivity index (χ3n) is 3.32. The normalized spacial score (nSPS) is 11.1. The summed E-state index contributed by atoms with van der Waals surface area (Å²) in [6.07, 6.45) is 11.2. The van der Waals surface area contributed by atoms with Crippen molar-refractivity contribution < 1.29 is 14.0 Å². The van der Waals surface area contributed by atoms with Gasteiger partial charge in [0.15, 0.2) is 0 Å². The molecule has 0 spiro atoms. The molecule has 2 rings (SSSR count). The first-order chi connectivity index (χ1) is 12.2. The quantitative estimate of drug-likeness (QED) is 0.758. The Morgan fingerprint density at radius 2 is 2.00 bits per heavy atom. The van der Waals surface area contributed by atoms with E-state index in [1.165, 1.54) is 0 Å². The van der Waals surface area contributed by atoms with Gasteiger partial charge < -0.3 is 15.1 Å². The molecule has 2 aromatic heterocycles. The number of hydrogen-bond donors (Lipinski definition) is 2. The van der Waals surface area contributed by atoms with Crippen LogP contribution in [0, 0.1) is 0 Å². The first-order valence-corrected chi connectivity index (χ1v) is 8.03. The van der Waals surface area contributed by atoms with Crippen LogP contribution in [0.5, 0.6) is 0 Å². The molecule has 0 aliphatic heterocycles. The molecule has 25 heavy (non-hydrogen) atoms. The lowest BCUT2D eigenvalue weighted by Crippen LogP contribution is -2.40. The van der Waals surface area contributed by atoms with Crippen molar-refractivity contribution in [2.24, 2.45) is 0 Å². The summed E-state index contributed by atoms with van der Waals surface area (Å²) in [6, 6.07) is 7.41. The molecule has 0 fully saturated rings. The highest BCUT2D eigenvalue weighted by Crippen LogP contribution is 2.13. The Labute approximate surface area is 146 Å². The Balaban J connectivity index is 1.69. The fourth-order valence-electron chi connectivity index (χ4n) is 2.10. The molecule has 0 aliphatic carbocycles. The number of amides is 2. The number of hydrogen-bond acceptors (Lipinski definition) is 4. The third-order valence-corrected chi connectivity index (χ3v) is 3.32. The maximum absolute atomic E-state index is 11.7. The summed E-state index contributed by atoms with van der Waals surface area (Å²) >= 11 is 0. The van der Waals surface area contributed by atoms with E-state index < -0.39 is 11.8 Å². The average molecular weight is 339 g/mol. The van der Waals surface area contributed by atoms with Crippen molar-refractivity contribution in [2.45, 2.75) is 13.3 Å². The van der Waals surface area contributed by atoms with Gasteiger partial charge >= 0.3 is 11.8 Å². The summed E-state index contributed by atoms with van der Waals surface area (Å²) in [5.41, 5.74) is 1.77. The summed E-state index contributed by atoms with van der Waals surface area (Å²) in [5.74, 6) is -0.564. The van der Waals surface area contributed by atoms with Crippen molar-refractivity contribution in [1.82, 2.24) is 15.6 Å². The summed E-state index contributed by atoms with van der Waals surface area (Å²) in [6.45, 7) is 2.52. The molecule has 130 valence electrons. The Bertz CT molecular complexity index is 748. The van der Waals surface area contributed by atoms with Gasteiger partial charge in [-0.25, -0.2) is 0 Å². The highest BCUT2D eigenvalue weighted by Gasteiger charge is 2.11. The minimum absolute atomic E-state index is 0.257. The fourth-order valence-corrected chi connectivity index (χ4v) is 2.10. The lowest BCUT2D eigenvalue weighted by molar-refractivity contribution is -0.139. The van der Waals surface area contributed by atoms with Crippen molar-refractivity contribution in [2.75, 3.05) is 13.1 Å². The molecule has 0 bridgehead atoms. The molecule has 2 amide bonds. The molecule has 0 saturated carbocycles. The van der Waals surface area contributed by atoms with E-state index in [2.05, 4.69) is 15.6 Å². The smallest absolute Gasteiger partial charge is 0.309 e. The predicted molar refractivity (Wildman–Crippen MR) is 96.4 cm³/mol. The molecule has 2 N–H and O–H groups in total. The standard InChI is InChI=1S/C19H21N3O3/c1-2-6-17-15(10-14-25-17)7-5-12-21-18(23)19(24)22-13-9-16-8-3-4-11-20-16/h2-8,10-11,14H,9,12-13H2,1H3,(H,21,23)(H,22,24)/b6-2-,7-5+. The van der Waals surface area contributed by atoms with Gasteiger partial charge in [0.1, 0.15) is 5.76 Å². The van der Waals surface area contributed by atoms with Crippen LogP contribution in [0.2, 0.25) is 0 Å². The Morgan fingerprint density at radius 3 is 2.76 bits per heavy atom. The molecule has 6 heteroatoms. The van der Waals surface area contributed by atoms with Gasteiger partial charge in [0.2, 0.25) is 0 Å². The van der Waals surface area contributed by atoms with E-state index in [0.717, 1.165) is 17.0 Å². The number of carbonyl (C=O) groups excluding carboxylic acids is 2. The van der Waals surface area contributed by atoms with Crippen molar-refractivity contribution in [3.63, 3.8) is 0 Å². The molecular formula is C19H21N3O3. The van der Waals surface area contributed by atoms with E-state index in [4.69, 9.17) is 4.42 Å². The van der Waals surface area contributed by atoms with Gasteiger partial charge in [0.05, 0.1) is 6.26 Å². The number of carbonyl (C=O) groups is 2. The van der Waals surface area contributed by atoms with E-state index in [1.54, 1.807) is 18.5 Å². The van der Waals surface area contributed by atoms with E-state index in [0.29, 0.717) is 13.0 Å². The van der Waals surface area contributed by atoms with Crippen LogP contribution in [0.1, 0.15) is 23.9 Å². The Morgan fingerprint density at radius 1 is 1.16 bits per heavy atom. The zero-order valence-corrected chi connectivity index (χ0v) is 14.1. The number of furan rings is 1. The van der Waals surface area contributed by atoms with Crippen molar-refractivity contribution in [1.29, 1.82) is 0 Å². The second-order valence-corrected chi connectivity index (χ2v) is 5.18. The maximum Gasteiger partial charge on any atom is 0.309 e. The highest BCUT2D eigenvalue weighted by atomic mass is 16.3. The second kappa shape index (κ2) is 9.87. The lowest BCUT2D eigenvalue weighted by Gasteiger charge is -2.04. The van der Waals surface area contributed by atoms with Crippen LogP contribution < -0.4 is 10.6 Å². The average Bonchev–Trinajstić information content (AvgIpc) is 3.07. The second-order valence-electron chi connectivity index (χ2n) is 5.18. The monoisotopic (exact) mass is 339 g/mol. The topological polar surface area (TPSA) is 84.2 Å². The first kappa shape index (κ1) is 18.2. The van der Waals surface area contributed by atoms with Gasteiger partial charge in [-0.3, -0.25) is 14.6 Å². The maximum atomic E-state index is 11.7. The molecule has 0 unspecified atom stereocenters. The van der Waals surface area contributed by atoms with Crippen LogP contribution in [-0.2, 0) is 16.0 Å². The number of rotatable bonds is 7. The van der Waals surface area contributed by atoms with E-state index in [-0.39, 0.29) is 6.54 Å². The molecule has 0 saturated heterocycles. The van der Waals surface area contributed by atoms with Crippen molar-refractivity contribution in [3.05, 3.63) is 65.9 Å². The van der Waals surface area contributed by atoms with Crippen molar-refractivity contribution in [3.8, 4) is 0 Å². The van der Waals surface area contributed by atoms with Crippen LogP contribution in [-0.4, -0.2) is 29.9 Å². The molecular weight excluding hydrogens is 318 g/mol. The first-order valence-electron chi connectivity index (χ1n) is 8.03. The van der Waals surface area contributed by atoms with Crippen LogP contribution in [0.15, 0.2) is 53.3 Å².